The average Bonchev–Trinajstić information content (AvgIpc) is 2.79. The number of alkyl halides is 5. The Labute approximate surface area is 207 Å². The van der Waals surface area contributed by atoms with Gasteiger partial charge in [0.1, 0.15) is 17.0 Å². The zero-order chi connectivity index (χ0) is 25.9. The van der Waals surface area contributed by atoms with E-state index in [4.69, 9.17) is 28.6 Å². The normalized spacial score (nSPS) is 19.5. The third-order valence-corrected chi connectivity index (χ3v) is 6.33. The molecule has 0 spiro atoms. The van der Waals surface area contributed by atoms with Crippen LogP contribution in [-0.4, -0.2) is 42.2 Å². The molecule has 0 atom stereocenters. The van der Waals surface area contributed by atoms with Crippen LogP contribution >= 0.6 is 23.2 Å². The van der Waals surface area contributed by atoms with E-state index in [1.54, 1.807) is 6.07 Å². The molecule has 0 bridgehead atoms. The van der Waals surface area contributed by atoms with Gasteiger partial charge in [-0.05, 0) is 61.5 Å². The topological polar surface area (TPSA) is 94.5 Å². The lowest BCUT2D eigenvalue weighted by Crippen LogP contribution is -2.77. The highest BCUT2D eigenvalue weighted by Gasteiger charge is 2.34. The van der Waals surface area contributed by atoms with Crippen LogP contribution in [0, 0.1) is 5.41 Å². The summed E-state index contributed by atoms with van der Waals surface area (Å²) in [5.74, 6) is -0.862. The van der Waals surface area contributed by atoms with Crippen LogP contribution in [0.3, 0.4) is 0 Å². The number of pyridine rings is 1. The van der Waals surface area contributed by atoms with Crippen molar-refractivity contribution in [2.45, 2.75) is 50.4 Å². The Morgan fingerprint density at radius 2 is 1.80 bits per heavy atom. The molecular weight excluding hydrogens is 516 g/mol. The van der Waals surface area contributed by atoms with Gasteiger partial charge in [-0.2, -0.15) is 13.2 Å². The first kappa shape index (κ1) is 27.1. The van der Waals surface area contributed by atoms with Crippen LogP contribution in [0.5, 0.6) is 0 Å². The van der Waals surface area contributed by atoms with Gasteiger partial charge in [-0.1, -0.05) is 11.6 Å². The Kier molecular flexibility index (Phi) is 8.55. The van der Waals surface area contributed by atoms with E-state index < -0.39 is 35.5 Å². The number of hydrogen-bond acceptors (Lipinski definition) is 4. The summed E-state index contributed by atoms with van der Waals surface area (Å²) in [5, 5.41) is 15.1. The smallest absolute Gasteiger partial charge is 0.382 e. The Bertz CT molecular complexity index is 1150. The van der Waals surface area contributed by atoms with Crippen molar-refractivity contribution in [1.82, 2.24) is 10.3 Å². The molecule has 35 heavy (non-hydrogen) atoms. The van der Waals surface area contributed by atoms with Crippen LogP contribution in [0.2, 0.25) is 5.02 Å². The Balaban J connectivity index is 1.71. The minimum atomic E-state index is -4.62. The highest BCUT2D eigenvalue weighted by molar-refractivity contribution is 6.35. The van der Waals surface area contributed by atoms with Gasteiger partial charge in [-0.25, -0.2) is 13.8 Å². The van der Waals surface area contributed by atoms with E-state index in [1.807, 2.05) is 0 Å². The fourth-order valence-corrected chi connectivity index (χ4v) is 4.29. The quantitative estimate of drug-likeness (QED) is 0.178. The number of nitrogens with two attached hydrogens (primary N) is 1. The van der Waals surface area contributed by atoms with Crippen LogP contribution in [0.15, 0.2) is 35.0 Å². The summed E-state index contributed by atoms with van der Waals surface area (Å²) in [4.78, 5) is 16.2. The Morgan fingerprint density at radius 1 is 1.17 bits per heavy atom. The van der Waals surface area contributed by atoms with E-state index in [1.165, 1.54) is 24.5 Å². The van der Waals surface area contributed by atoms with E-state index in [0.29, 0.717) is 36.1 Å². The predicted octanol–water partition coefficient (Wildman–Crippen LogP) is 4.67. The van der Waals surface area contributed by atoms with Gasteiger partial charge in [0.2, 0.25) is 5.16 Å². The van der Waals surface area contributed by atoms with Crippen molar-refractivity contribution in [3.63, 3.8) is 0 Å². The average molecular weight is 539 g/mol. The van der Waals surface area contributed by atoms with Crippen molar-refractivity contribution < 1.29 is 32.1 Å². The van der Waals surface area contributed by atoms with Gasteiger partial charge in [0.25, 0.3) is 12.3 Å². The Hall–Kier alpha value is -2.50. The second-order valence-electron chi connectivity index (χ2n) is 8.11. The summed E-state index contributed by atoms with van der Waals surface area (Å²) in [7, 11) is 1.46. The van der Waals surface area contributed by atoms with E-state index in [9.17, 15) is 26.7 Å². The zero-order valence-corrected chi connectivity index (χ0v) is 20.0. The van der Waals surface area contributed by atoms with E-state index in [-0.39, 0.29) is 28.4 Å². The van der Waals surface area contributed by atoms with Gasteiger partial charge in [-0.3, -0.25) is 10.2 Å². The van der Waals surface area contributed by atoms with Crippen molar-refractivity contribution in [2.24, 2.45) is 0 Å². The number of carbonyl (C=O) groups excluding carboxylic acids is 1. The fourth-order valence-electron chi connectivity index (χ4n) is 3.94. The summed E-state index contributed by atoms with van der Waals surface area (Å²) in [6, 6.07) is 4.81. The third-order valence-electron chi connectivity index (χ3n) is 5.69. The summed E-state index contributed by atoms with van der Waals surface area (Å²) in [6.45, 7) is 0. The van der Waals surface area contributed by atoms with Crippen LogP contribution in [0.4, 0.5) is 27.6 Å². The van der Waals surface area contributed by atoms with E-state index >= 15 is 0 Å². The first-order chi connectivity index (χ1) is 16.4. The number of halogens is 7. The first-order valence-electron chi connectivity index (χ1n) is 10.7. The first-order valence-corrected chi connectivity index (χ1v) is 11.5. The molecule has 1 fully saturated rings. The molecule has 1 aromatic heterocycles. The molecule has 0 radical (unpaired) electrons. The standard InChI is InChI=1S/C22H22Cl2F5N5O/c1-31-19(24)17(18(30)20(25)26)21(35)33-12-5-3-11(4-6-12)32-15-9-16(22(27,28)29)34-14-7-2-10(23)8-13(14)15/h2,7-9,11-12,20,30-31H,3-6H2,1H3,(H,32,34)(H,33,35)/p+1/b19-17+,30-18?. The monoisotopic (exact) mass is 538 g/mol. The molecule has 6 nitrogen and oxygen atoms in total. The molecule has 1 aliphatic carbocycles. The predicted molar refractivity (Wildman–Crippen MR) is 124 cm³/mol. The van der Waals surface area contributed by atoms with Gasteiger partial charge >= 0.3 is 6.18 Å². The number of benzene rings is 1. The summed E-state index contributed by atoms with van der Waals surface area (Å²) in [6.07, 6.45) is -5.90. The van der Waals surface area contributed by atoms with Crippen LogP contribution in [0.1, 0.15) is 31.4 Å². The number of carbonyl (C=O) groups is 1. The number of aromatic nitrogens is 1. The molecule has 1 heterocycles. The van der Waals surface area contributed by atoms with Crippen LogP contribution in [-0.2, 0) is 11.0 Å². The molecule has 2 aromatic rings. The minimum Gasteiger partial charge on any atom is -0.382 e. The maximum absolute atomic E-state index is 13.3. The number of hydrogen-bond donors (Lipinski definition) is 4. The zero-order valence-electron chi connectivity index (χ0n) is 18.4. The second kappa shape index (κ2) is 11.0. The molecule has 13 heteroatoms. The third kappa shape index (κ3) is 6.59. The molecule has 1 saturated carbocycles. The van der Waals surface area contributed by atoms with Gasteiger partial charge < -0.3 is 16.0 Å². The number of rotatable bonds is 7. The maximum atomic E-state index is 13.3. The van der Waals surface area contributed by atoms with Crippen molar-refractivity contribution in [1.29, 1.82) is 5.41 Å². The molecule has 0 unspecified atom stereocenters. The number of amides is 1. The molecule has 1 aromatic carbocycles. The number of fused-ring (bicyclic) bond motifs is 1. The highest BCUT2D eigenvalue weighted by Crippen LogP contribution is 2.35. The molecule has 1 amide bonds. The molecule has 3 rings (SSSR count). The molecule has 5 N–H and O–H groups in total. The summed E-state index contributed by atoms with van der Waals surface area (Å²) >= 11 is 11.9. The molecule has 0 saturated heterocycles. The number of nitrogens with zero attached hydrogens (tertiary/aromatic N) is 1. The summed E-state index contributed by atoms with van der Waals surface area (Å²) in [5.41, 5.74) is -2.37. The minimum absolute atomic E-state index is 0.151. The van der Waals surface area contributed by atoms with E-state index in [0.717, 1.165) is 6.07 Å². The fraction of sp³-hybridized carbons (Fsp3) is 0.409. The maximum Gasteiger partial charge on any atom is 0.433 e. The number of anilines is 1. The van der Waals surface area contributed by atoms with Gasteiger partial charge in [-0.15, -0.1) is 0 Å². The van der Waals surface area contributed by atoms with E-state index in [2.05, 4.69) is 15.6 Å². The second-order valence-corrected chi connectivity index (χ2v) is 8.95. The van der Waals surface area contributed by atoms with Crippen molar-refractivity contribution in [3.05, 3.63) is 45.7 Å². The van der Waals surface area contributed by atoms with Crippen molar-refractivity contribution in [3.8, 4) is 0 Å². The van der Waals surface area contributed by atoms with Crippen molar-refractivity contribution >= 4 is 51.4 Å². The lowest BCUT2D eigenvalue weighted by molar-refractivity contribution is -0.565. The Morgan fingerprint density at radius 3 is 2.37 bits per heavy atom. The van der Waals surface area contributed by atoms with Crippen LogP contribution < -0.4 is 16.0 Å². The SMILES string of the molecule is C[NH2+]/C(Cl)=C(\C(=N)C(F)F)C(=O)NC1CCC(Nc2cc(C(F)(F)F)nc3ccc(Cl)cc23)CC1. The van der Waals surface area contributed by atoms with Crippen molar-refractivity contribution in [2.75, 3.05) is 12.4 Å². The van der Waals surface area contributed by atoms with Gasteiger partial charge in [0, 0.05) is 28.2 Å². The van der Waals surface area contributed by atoms with Gasteiger partial charge in [0.15, 0.2) is 0 Å². The van der Waals surface area contributed by atoms with Gasteiger partial charge in [0.05, 0.1) is 12.6 Å². The van der Waals surface area contributed by atoms with Crippen LogP contribution in [0.25, 0.3) is 10.9 Å². The molecular formula is C22H23Cl2F5N5O+. The number of nitrogens with one attached hydrogen (secondary N) is 3. The lowest BCUT2D eigenvalue weighted by Gasteiger charge is -2.31. The summed E-state index contributed by atoms with van der Waals surface area (Å²) < 4.78 is 66.1. The lowest BCUT2D eigenvalue weighted by atomic mass is 9.90. The largest absolute Gasteiger partial charge is 0.433 e. The number of quaternary nitrogens is 1. The highest BCUT2D eigenvalue weighted by atomic mass is 35.5. The molecule has 1 aliphatic rings. The molecule has 0 aliphatic heterocycles. The molecule has 190 valence electrons.